The number of benzene rings is 1. The van der Waals surface area contributed by atoms with E-state index in [9.17, 15) is 4.79 Å². The standard InChI is InChI=1S/C16H20ClN5O2/c1-22(2)8-3-9-24-14-5-4-12(17)10-13(14)20-16(23)21-15-11-18-6-7-19-15/h4-7,10-11H,3,8-9H2,1-2H3,(H2,19,20,21,23). The summed E-state index contributed by atoms with van der Waals surface area (Å²) in [6.07, 6.45) is 5.35. The number of urea groups is 1. The molecule has 1 aromatic carbocycles. The first-order chi connectivity index (χ1) is 11.5. The fourth-order valence-corrected chi connectivity index (χ4v) is 2.09. The molecule has 0 saturated carbocycles. The van der Waals surface area contributed by atoms with Gasteiger partial charge < -0.3 is 15.0 Å². The summed E-state index contributed by atoms with van der Waals surface area (Å²) < 4.78 is 5.74. The Balaban J connectivity index is 1.97. The lowest BCUT2D eigenvalue weighted by Crippen LogP contribution is -2.21. The van der Waals surface area contributed by atoms with Gasteiger partial charge in [-0.1, -0.05) is 11.6 Å². The van der Waals surface area contributed by atoms with Crippen molar-refractivity contribution in [2.75, 3.05) is 37.9 Å². The minimum atomic E-state index is -0.448. The van der Waals surface area contributed by atoms with E-state index in [0.717, 1.165) is 13.0 Å². The lowest BCUT2D eigenvalue weighted by Gasteiger charge is -2.14. The number of hydrogen-bond donors (Lipinski definition) is 2. The second kappa shape index (κ2) is 9.05. The van der Waals surface area contributed by atoms with E-state index in [4.69, 9.17) is 16.3 Å². The highest BCUT2D eigenvalue weighted by molar-refractivity contribution is 6.31. The summed E-state index contributed by atoms with van der Waals surface area (Å²) in [6, 6.07) is 4.64. The zero-order chi connectivity index (χ0) is 17.4. The molecule has 0 fully saturated rings. The predicted octanol–water partition coefficient (Wildman–Crippen LogP) is 3.10. The fraction of sp³-hybridized carbons (Fsp3) is 0.312. The molecule has 1 aromatic heterocycles. The average Bonchev–Trinajstić information content (AvgIpc) is 2.54. The van der Waals surface area contributed by atoms with Crippen LogP contribution in [0.5, 0.6) is 5.75 Å². The zero-order valence-corrected chi connectivity index (χ0v) is 14.4. The van der Waals surface area contributed by atoms with Crippen molar-refractivity contribution in [3.63, 3.8) is 0 Å². The molecule has 0 spiro atoms. The van der Waals surface area contributed by atoms with Crippen LogP contribution in [0.25, 0.3) is 0 Å². The number of carbonyl (C=O) groups is 1. The van der Waals surface area contributed by atoms with E-state index < -0.39 is 6.03 Å². The van der Waals surface area contributed by atoms with E-state index in [1.54, 1.807) is 18.2 Å². The Morgan fingerprint density at radius 1 is 1.29 bits per heavy atom. The SMILES string of the molecule is CN(C)CCCOc1ccc(Cl)cc1NC(=O)Nc1cnccn1. The van der Waals surface area contributed by atoms with Gasteiger partial charge in [-0.15, -0.1) is 0 Å². The summed E-state index contributed by atoms with van der Waals surface area (Å²) in [5.74, 6) is 0.915. The number of rotatable bonds is 7. The van der Waals surface area contributed by atoms with Crippen molar-refractivity contribution in [1.29, 1.82) is 0 Å². The number of carbonyl (C=O) groups excluding carboxylic acids is 1. The summed E-state index contributed by atoms with van der Waals surface area (Å²) in [4.78, 5) is 22.0. The Morgan fingerprint density at radius 2 is 2.12 bits per heavy atom. The van der Waals surface area contributed by atoms with Gasteiger partial charge in [0.2, 0.25) is 0 Å². The number of nitrogens with one attached hydrogen (secondary N) is 2. The van der Waals surface area contributed by atoms with E-state index in [2.05, 4.69) is 25.5 Å². The molecule has 0 bridgehead atoms. The fourth-order valence-electron chi connectivity index (χ4n) is 1.92. The summed E-state index contributed by atoms with van der Waals surface area (Å²) in [6.45, 7) is 1.46. The van der Waals surface area contributed by atoms with Crippen LogP contribution in [0.4, 0.5) is 16.3 Å². The zero-order valence-electron chi connectivity index (χ0n) is 13.6. The Hall–Kier alpha value is -2.38. The normalized spacial score (nSPS) is 10.5. The number of amides is 2. The molecule has 8 heteroatoms. The van der Waals surface area contributed by atoms with Crippen LogP contribution in [0.1, 0.15) is 6.42 Å². The Bertz CT molecular complexity index is 667. The third-order valence-corrected chi connectivity index (χ3v) is 3.24. The Labute approximate surface area is 146 Å². The highest BCUT2D eigenvalue weighted by Gasteiger charge is 2.10. The molecule has 24 heavy (non-hydrogen) atoms. The lowest BCUT2D eigenvalue weighted by molar-refractivity contribution is 0.261. The largest absolute Gasteiger partial charge is 0.491 e. The maximum atomic E-state index is 12.1. The maximum Gasteiger partial charge on any atom is 0.325 e. The number of hydrogen-bond acceptors (Lipinski definition) is 5. The second-order valence-corrected chi connectivity index (χ2v) is 5.75. The van der Waals surface area contributed by atoms with Gasteiger partial charge in [-0.3, -0.25) is 10.3 Å². The maximum absolute atomic E-state index is 12.1. The monoisotopic (exact) mass is 349 g/mol. The first-order valence-electron chi connectivity index (χ1n) is 7.45. The molecule has 128 valence electrons. The van der Waals surface area contributed by atoms with Gasteiger partial charge in [-0.2, -0.15) is 0 Å². The summed E-state index contributed by atoms with van der Waals surface area (Å²) >= 11 is 6.01. The Kier molecular flexibility index (Phi) is 6.77. The van der Waals surface area contributed by atoms with Crippen LogP contribution >= 0.6 is 11.6 Å². The smallest absolute Gasteiger partial charge is 0.325 e. The molecule has 2 aromatic rings. The van der Waals surface area contributed by atoms with Gasteiger partial charge >= 0.3 is 6.03 Å². The minimum Gasteiger partial charge on any atom is -0.491 e. The third kappa shape index (κ3) is 6.02. The van der Waals surface area contributed by atoms with Crippen LogP contribution < -0.4 is 15.4 Å². The van der Waals surface area contributed by atoms with Crippen molar-refractivity contribution < 1.29 is 9.53 Å². The molecule has 1 heterocycles. The highest BCUT2D eigenvalue weighted by Crippen LogP contribution is 2.28. The summed E-state index contributed by atoms with van der Waals surface area (Å²) in [5.41, 5.74) is 0.494. The van der Waals surface area contributed by atoms with Crippen LogP contribution in [0.3, 0.4) is 0 Å². The first kappa shape index (κ1) is 18.0. The van der Waals surface area contributed by atoms with Gasteiger partial charge in [0.1, 0.15) is 5.75 Å². The van der Waals surface area contributed by atoms with E-state index in [1.165, 1.54) is 18.6 Å². The van der Waals surface area contributed by atoms with Crippen LogP contribution in [0.15, 0.2) is 36.8 Å². The Morgan fingerprint density at radius 3 is 2.83 bits per heavy atom. The van der Waals surface area contributed by atoms with E-state index in [0.29, 0.717) is 28.9 Å². The molecule has 7 nitrogen and oxygen atoms in total. The molecule has 2 N–H and O–H groups in total. The van der Waals surface area contributed by atoms with Crippen LogP contribution in [0, 0.1) is 0 Å². The average molecular weight is 350 g/mol. The molecule has 0 unspecified atom stereocenters. The molecular formula is C16H20ClN5O2. The third-order valence-electron chi connectivity index (χ3n) is 3.00. The van der Waals surface area contributed by atoms with Crippen molar-refractivity contribution in [2.45, 2.75) is 6.42 Å². The molecule has 0 aliphatic carbocycles. The molecular weight excluding hydrogens is 330 g/mol. The number of aromatic nitrogens is 2. The van der Waals surface area contributed by atoms with Crippen molar-refractivity contribution >= 4 is 29.1 Å². The van der Waals surface area contributed by atoms with Crippen LogP contribution in [-0.4, -0.2) is 48.1 Å². The van der Waals surface area contributed by atoms with Crippen molar-refractivity contribution in [2.24, 2.45) is 0 Å². The van der Waals surface area contributed by atoms with Crippen molar-refractivity contribution in [1.82, 2.24) is 14.9 Å². The van der Waals surface area contributed by atoms with Gasteiger partial charge in [0.25, 0.3) is 0 Å². The van der Waals surface area contributed by atoms with Gasteiger partial charge in [0, 0.05) is 24.0 Å². The number of ether oxygens (including phenoxy) is 1. The number of nitrogens with zero attached hydrogens (tertiary/aromatic N) is 3. The lowest BCUT2D eigenvalue weighted by atomic mass is 10.3. The van der Waals surface area contributed by atoms with Crippen molar-refractivity contribution in [3.05, 3.63) is 41.8 Å². The molecule has 0 aliphatic rings. The molecule has 2 amide bonds. The molecule has 0 radical (unpaired) electrons. The molecule has 0 aliphatic heterocycles. The molecule has 0 atom stereocenters. The topological polar surface area (TPSA) is 79.4 Å². The molecule has 2 rings (SSSR count). The summed E-state index contributed by atoms with van der Waals surface area (Å²) in [5, 5.41) is 5.81. The minimum absolute atomic E-state index is 0.352. The quantitative estimate of drug-likeness (QED) is 0.751. The predicted molar refractivity (Wildman–Crippen MR) is 94.8 cm³/mol. The van der Waals surface area contributed by atoms with E-state index in [1.807, 2.05) is 14.1 Å². The summed E-state index contributed by atoms with van der Waals surface area (Å²) in [7, 11) is 4.01. The highest BCUT2D eigenvalue weighted by atomic mass is 35.5. The van der Waals surface area contributed by atoms with Gasteiger partial charge in [-0.25, -0.2) is 9.78 Å². The number of anilines is 2. The van der Waals surface area contributed by atoms with Gasteiger partial charge in [-0.05, 0) is 38.7 Å². The van der Waals surface area contributed by atoms with E-state index >= 15 is 0 Å². The van der Waals surface area contributed by atoms with E-state index in [-0.39, 0.29) is 0 Å². The van der Waals surface area contributed by atoms with Gasteiger partial charge in [0.05, 0.1) is 18.5 Å². The van der Waals surface area contributed by atoms with Crippen molar-refractivity contribution in [3.8, 4) is 5.75 Å². The van der Waals surface area contributed by atoms with Gasteiger partial charge in [0.15, 0.2) is 5.82 Å². The second-order valence-electron chi connectivity index (χ2n) is 5.32. The first-order valence-corrected chi connectivity index (χ1v) is 7.83. The number of halogens is 1. The molecule has 0 saturated heterocycles. The van der Waals surface area contributed by atoms with Crippen LogP contribution in [0.2, 0.25) is 5.02 Å². The van der Waals surface area contributed by atoms with Crippen LogP contribution in [-0.2, 0) is 0 Å².